The van der Waals surface area contributed by atoms with Crippen molar-refractivity contribution in [1.82, 2.24) is 14.9 Å². The smallest absolute Gasteiger partial charge is 0.258 e. The van der Waals surface area contributed by atoms with Gasteiger partial charge in [-0.05, 0) is 37.1 Å². The first-order valence-corrected chi connectivity index (χ1v) is 10.7. The Hall–Kier alpha value is -2.64. The fourth-order valence-electron chi connectivity index (χ4n) is 3.44. The van der Waals surface area contributed by atoms with E-state index >= 15 is 0 Å². The third-order valence-corrected chi connectivity index (χ3v) is 6.17. The van der Waals surface area contributed by atoms with Crippen molar-refractivity contribution in [3.05, 3.63) is 70.3 Å². The van der Waals surface area contributed by atoms with Crippen LogP contribution in [0.4, 0.5) is 0 Å². The number of nitrogens with zero attached hydrogens (tertiary/aromatic N) is 2. The van der Waals surface area contributed by atoms with Gasteiger partial charge in [0.05, 0.1) is 29.1 Å². The van der Waals surface area contributed by atoms with Crippen molar-refractivity contribution in [1.29, 1.82) is 0 Å². The number of thioether (sulfide) groups is 1. The van der Waals surface area contributed by atoms with Gasteiger partial charge in [-0.3, -0.25) is 9.59 Å². The molecule has 1 aliphatic rings. The van der Waals surface area contributed by atoms with Gasteiger partial charge in [-0.15, -0.1) is 11.8 Å². The quantitative estimate of drug-likeness (QED) is 0.631. The molecule has 0 bridgehead atoms. The Bertz CT molecular complexity index is 1080. The van der Waals surface area contributed by atoms with Crippen molar-refractivity contribution < 1.29 is 9.53 Å². The number of amides is 1. The maximum absolute atomic E-state index is 13.1. The highest BCUT2D eigenvalue weighted by Crippen LogP contribution is 2.27. The summed E-state index contributed by atoms with van der Waals surface area (Å²) in [5, 5.41) is 0.543. The van der Waals surface area contributed by atoms with E-state index in [0.29, 0.717) is 22.3 Å². The van der Waals surface area contributed by atoms with Gasteiger partial charge in [0.2, 0.25) is 0 Å². The van der Waals surface area contributed by atoms with Gasteiger partial charge in [0.1, 0.15) is 5.82 Å². The van der Waals surface area contributed by atoms with Gasteiger partial charge in [0, 0.05) is 24.3 Å². The second-order valence-electron chi connectivity index (χ2n) is 7.13. The SMILES string of the molecule is CN(Cc1nc2ccccc2c(=O)[nH]1)C(=O)c1ccccc1SCC1CCCO1. The molecule has 1 atom stereocenters. The van der Waals surface area contributed by atoms with Crippen molar-refractivity contribution in [3.63, 3.8) is 0 Å². The predicted molar refractivity (Wildman–Crippen MR) is 114 cm³/mol. The molecule has 4 rings (SSSR count). The van der Waals surface area contributed by atoms with E-state index in [1.54, 1.807) is 41.9 Å². The van der Waals surface area contributed by atoms with Crippen molar-refractivity contribution in [2.24, 2.45) is 0 Å². The van der Waals surface area contributed by atoms with Crippen LogP contribution in [0.3, 0.4) is 0 Å². The van der Waals surface area contributed by atoms with Gasteiger partial charge in [-0.1, -0.05) is 24.3 Å². The first-order valence-electron chi connectivity index (χ1n) is 9.68. The average Bonchev–Trinajstić information content (AvgIpc) is 3.25. The summed E-state index contributed by atoms with van der Waals surface area (Å²) in [5.41, 5.74) is 1.08. The molecule has 0 aliphatic carbocycles. The minimum Gasteiger partial charge on any atom is -0.377 e. The van der Waals surface area contributed by atoms with E-state index in [1.807, 2.05) is 30.3 Å². The molecular formula is C22H23N3O3S. The molecule has 150 valence electrons. The molecule has 0 radical (unpaired) electrons. The number of fused-ring (bicyclic) bond motifs is 1. The van der Waals surface area contributed by atoms with E-state index in [2.05, 4.69) is 9.97 Å². The Balaban J connectivity index is 1.50. The van der Waals surface area contributed by atoms with Crippen LogP contribution in [0.2, 0.25) is 0 Å². The van der Waals surface area contributed by atoms with Crippen molar-refractivity contribution in [2.45, 2.75) is 30.4 Å². The number of rotatable bonds is 6. The molecular weight excluding hydrogens is 386 g/mol. The monoisotopic (exact) mass is 409 g/mol. The molecule has 1 fully saturated rings. The molecule has 6 nitrogen and oxygen atoms in total. The maximum atomic E-state index is 13.1. The number of carbonyl (C=O) groups is 1. The van der Waals surface area contributed by atoms with E-state index in [9.17, 15) is 9.59 Å². The van der Waals surface area contributed by atoms with E-state index in [1.165, 1.54) is 0 Å². The predicted octanol–water partition coefficient (Wildman–Crippen LogP) is 3.47. The van der Waals surface area contributed by atoms with Gasteiger partial charge in [-0.2, -0.15) is 0 Å². The van der Waals surface area contributed by atoms with Crippen LogP contribution in [0, 0.1) is 0 Å². The number of nitrogens with one attached hydrogen (secondary N) is 1. The van der Waals surface area contributed by atoms with Gasteiger partial charge in [-0.25, -0.2) is 4.98 Å². The Morgan fingerprint density at radius 2 is 2.03 bits per heavy atom. The Kier molecular flexibility index (Phi) is 5.97. The maximum Gasteiger partial charge on any atom is 0.258 e. The number of aromatic amines is 1. The molecule has 1 amide bonds. The molecule has 1 aliphatic heterocycles. The van der Waals surface area contributed by atoms with E-state index in [4.69, 9.17) is 4.74 Å². The Labute approximate surface area is 173 Å². The molecule has 1 unspecified atom stereocenters. The lowest BCUT2D eigenvalue weighted by Crippen LogP contribution is -2.28. The molecule has 1 saturated heterocycles. The van der Waals surface area contributed by atoms with E-state index < -0.39 is 0 Å². The number of aromatic nitrogens is 2. The molecule has 0 saturated carbocycles. The van der Waals surface area contributed by atoms with Crippen LogP contribution < -0.4 is 5.56 Å². The molecule has 2 heterocycles. The highest BCUT2D eigenvalue weighted by Gasteiger charge is 2.20. The zero-order valence-electron chi connectivity index (χ0n) is 16.3. The van der Waals surface area contributed by atoms with Crippen molar-refractivity contribution >= 4 is 28.6 Å². The second-order valence-corrected chi connectivity index (χ2v) is 8.20. The van der Waals surface area contributed by atoms with Crippen LogP contribution in [0.5, 0.6) is 0 Å². The summed E-state index contributed by atoms with van der Waals surface area (Å²) in [6.45, 7) is 1.05. The van der Waals surface area contributed by atoms with Gasteiger partial charge >= 0.3 is 0 Å². The zero-order valence-corrected chi connectivity index (χ0v) is 17.1. The molecule has 2 aromatic carbocycles. The molecule has 0 spiro atoms. The summed E-state index contributed by atoms with van der Waals surface area (Å²) in [4.78, 5) is 35.1. The fraction of sp³-hybridized carbons (Fsp3) is 0.318. The number of carbonyl (C=O) groups excluding carboxylic acids is 1. The van der Waals surface area contributed by atoms with Crippen LogP contribution in [-0.2, 0) is 11.3 Å². The summed E-state index contributed by atoms with van der Waals surface area (Å²) in [5.74, 6) is 1.21. The van der Waals surface area contributed by atoms with Gasteiger partial charge in [0.25, 0.3) is 11.5 Å². The third-order valence-electron chi connectivity index (χ3n) is 4.96. The molecule has 1 aromatic heterocycles. The first-order chi connectivity index (χ1) is 14.1. The van der Waals surface area contributed by atoms with Crippen LogP contribution in [0.25, 0.3) is 10.9 Å². The Morgan fingerprint density at radius 3 is 2.86 bits per heavy atom. The number of hydrogen-bond acceptors (Lipinski definition) is 5. The molecule has 7 heteroatoms. The topological polar surface area (TPSA) is 75.3 Å². The van der Waals surface area contributed by atoms with E-state index in [0.717, 1.165) is 30.1 Å². The summed E-state index contributed by atoms with van der Waals surface area (Å²) >= 11 is 1.65. The normalized spacial score (nSPS) is 16.2. The average molecular weight is 410 g/mol. The summed E-state index contributed by atoms with van der Waals surface area (Å²) < 4.78 is 5.69. The van der Waals surface area contributed by atoms with Crippen molar-refractivity contribution in [2.75, 3.05) is 19.4 Å². The standard InChI is InChI=1S/C22H23N3O3S/c1-25(13-20-23-18-10-4-2-8-16(18)21(26)24-20)22(27)17-9-3-5-11-19(17)29-14-15-7-6-12-28-15/h2-5,8-11,15H,6-7,12-14H2,1H3,(H,23,24,26). The lowest BCUT2D eigenvalue weighted by molar-refractivity contribution is 0.0778. The minimum absolute atomic E-state index is 0.101. The van der Waals surface area contributed by atoms with Gasteiger partial charge in [0.15, 0.2) is 0 Å². The highest BCUT2D eigenvalue weighted by molar-refractivity contribution is 7.99. The van der Waals surface area contributed by atoms with Crippen LogP contribution in [0.1, 0.15) is 29.0 Å². The molecule has 29 heavy (non-hydrogen) atoms. The lowest BCUT2D eigenvalue weighted by atomic mass is 10.2. The lowest BCUT2D eigenvalue weighted by Gasteiger charge is -2.19. The zero-order chi connectivity index (χ0) is 20.2. The molecule has 1 N–H and O–H groups in total. The molecule has 3 aromatic rings. The first kappa shape index (κ1) is 19.7. The number of H-pyrrole nitrogens is 1. The minimum atomic E-state index is -0.195. The largest absolute Gasteiger partial charge is 0.377 e. The van der Waals surface area contributed by atoms with Crippen molar-refractivity contribution in [3.8, 4) is 0 Å². The fourth-order valence-corrected chi connectivity index (χ4v) is 4.55. The van der Waals surface area contributed by atoms with Gasteiger partial charge < -0.3 is 14.6 Å². The van der Waals surface area contributed by atoms with Crippen LogP contribution in [0.15, 0.2) is 58.2 Å². The van der Waals surface area contributed by atoms with Crippen LogP contribution >= 0.6 is 11.8 Å². The number of ether oxygens (including phenoxy) is 1. The summed E-state index contributed by atoms with van der Waals surface area (Å²) in [6.07, 6.45) is 2.43. The Morgan fingerprint density at radius 1 is 1.24 bits per heavy atom. The summed E-state index contributed by atoms with van der Waals surface area (Å²) in [6, 6.07) is 14.8. The highest BCUT2D eigenvalue weighted by atomic mass is 32.2. The van der Waals surface area contributed by atoms with E-state index in [-0.39, 0.29) is 24.1 Å². The number of benzene rings is 2. The van der Waals surface area contributed by atoms with Crippen LogP contribution in [-0.4, -0.2) is 46.3 Å². The second kappa shape index (κ2) is 8.80. The number of para-hydroxylation sites is 1. The third kappa shape index (κ3) is 4.52. The number of hydrogen-bond donors (Lipinski definition) is 1. The summed E-state index contributed by atoms with van der Waals surface area (Å²) in [7, 11) is 1.72.